The number of halogens is 4. The molecule has 1 unspecified atom stereocenters. The third-order valence-electron chi connectivity index (χ3n) is 2.67. The molecule has 0 aliphatic carbocycles. The van der Waals surface area contributed by atoms with Gasteiger partial charge in [-0.1, -0.05) is 17.7 Å². The van der Waals surface area contributed by atoms with Gasteiger partial charge in [0, 0.05) is 22.3 Å². The Morgan fingerprint density at radius 3 is 2.37 bits per heavy atom. The van der Waals surface area contributed by atoms with Gasteiger partial charge in [-0.3, -0.25) is 0 Å². The third-order valence-corrected chi connectivity index (χ3v) is 2.89. The molecule has 0 aliphatic heterocycles. The van der Waals surface area contributed by atoms with Gasteiger partial charge in [-0.2, -0.15) is 0 Å². The van der Waals surface area contributed by atoms with Crippen molar-refractivity contribution in [1.82, 2.24) is 0 Å². The van der Waals surface area contributed by atoms with Gasteiger partial charge < -0.3 is 5.32 Å². The highest BCUT2D eigenvalue weighted by molar-refractivity contribution is 6.30. The Balaban J connectivity index is 2.22. The minimum atomic E-state index is -0.650. The van der Waals surface area contributed by atoms with E-state index in [1.165, 1.54) is 30.3 Å². The van der Waals surface area contributed by atoms with Crippen molar-refractivity contribution in [3.05, 3.63) is 64.4 Å². The molecule has 0 fully saturated rings. The molecule has 19 heavy (non-hydrogen) atoms. The highest BCUT2D eigenvalue weighted by Crippen LogP contribution is 2.25. The molecule has 0 amide bonds. The molecule has 2 aromatic rings. The van der Waals surface area contributed by atoms with Gasteiger partial charge in [-0.15, -0.1) is 0 Å². The van der Waals surface area contributed by atoms with Crippen LogP contribution in [-0.4, -0.2) is 0 Å². The largest absolute Gasteiger partial charge is 0.378 e. The highest BCUT2D eigenvalue weighted by Gasteiger charge is 2.12. The van der Waals surface area contributed by atoms with E-state index in [9.17, 15) is 13.2 Å². The van der Waals surface area contributed by atoms with E-state index in [0.717, 1.165) is 6.07 Å². The van der Waals surface area contributed by atoms with Crippen molar-refractivity contribution in [2.24, 2.45) is 0 Å². The second kappa shape index (κ2) is 5.53. The van der Waals surface area contributed by atoms with Gasteiger partial charge in [0.05, 0.1) is 6.04 Å². The van der Waals surface area contributed by atoms with Crippen molar-refractivity contribution in [3.8, 4) is 0 Å². The lowest BCUT2D eigenvalue weighted by Crippen LogP contribution is -2.09. The number of hydrogen-bond acceptors (Lipinski definition) is 1. The maximum absolute atomic E-state index is 13.6. The number of hydrogen-bond donors (Lipinski definition) is 1. The van der Waals surface area contributed by atoms with E-state index < -0.39 is 23.5 Å². The van der Waals surface area contributed by atoms with Gasteiger partial charge in [-0.05, 0) is 31.2 Å². The molecule has 0 radical (unpaired) electrons. The van der Waals surface area contributed by atoms with Crippen LogP contribution in [0.2, 0.25) is 5.02 Å². The van der Waals surface area contributed by atoms with E-state index >= 15 is 0 Å². The normalized spacial score (nSPS) is 12.3. The zero-order valence-electron chi connectivity index (χ0n) is 10.1. The van der Waals surface area contributed by atoms with Crippen LogP contribution < -0.4 is 5.32 Å². The van der Waals surface area contributed by atoms with Gasteiger partial charge in [0.15, 0.2) is 0 Å². The molecule has 1 N–H and O–H groups in total. The molecule has 0 aliphatic rings. The first kappa shape index (κ1) is 13.7. The van der Waals surface area contributed by atoms with Gasteiger partial charge in [0.1, 0.15) is 17.5 Å². The van der Waals surface area contributed by atoms with Crippen molar-refractivity contribution in [1.29, 1.82) is 0 Å². The van der Waals surface area contributed by atoms with Crippen molar-refractivity contribution in [2.75, 3.05) is 5.32 Å². The predicted molar refractivity (Wildman–Crippen MR) is 69.8 cm³/mol. The minimum absolute atomic E-state index is 0.245. The fraction of sp³-hybridized carbons (Fsp3) is 0.143. The van der Waals surface area contributed by atoms with E-state index in [0.29, 0.717) is 11.3 Å². The fourth-order valence-electron chi connectivity index (χ4n) is 1.82. The Labute approximate surface area is 114 Å². The van der Waals surface area contributed by atoms with Crippen LogP contribution in [0.1, 0.15) is 18.5 Å². The predicted octanol–water partition coefficient (Wildman–Crippen LogP) is 4.93. The molecular weight excluding hydrogens is 275 g/mol. The maximum atomic E-state index is 13.6. The SMILES string of the molecule is CC(Nc1cc(F)cc(Cl)c1)c1ccc(F)cc1F. The summed E-state index contributed by atoms with van der Waals surface area (Å²) >= 11 is 5.73. The van der Waals surface area contributed by atoms with E-state index in [1.54, 1.807) is 6.92 Å². The quantitative estimate of drug-likeness (QED) is 0.843. The van der Waals surface area contributed by atoms with Gasteiger partial charge in [0.2, 0.25) is 0 Å². The van der Waals surface area contributed by atoms with Crippen LogP contribution in [0, 0.1) is 17.5 Å². The number of anilines is 1. The average Bonchev–Trinajstić information content (AvgIpc) is 2.26. The Kier molecular flexibility index (Phi) is 4.00. The number of benzene rings is 2. The minimum Gasteiger partial charge on any atom is -0.378 e. The lowest BCUT2D eigenvalue weighted by atomic mass is 10.1. The molecular formula is C14H11ClF3N. The number of nitrogens with one attached hydrogen (secondary N) is 1. The summed E-state index contributed by atoms with van der Waals surface area (Å²) in [5.74, 6) is -1.77. The van der Waals surface area contributed by atoms with Gasteiger partial charge in [0.25, 0.3) is 0 Å². The Hall–Kier alpha value is -1.68. The summed E-state index contributed by atoms with van der Waals surface area (Å²) in [7, 11) is 0. The Bertz CT molecular complexity index is 581. The molecule has 100 valence electrons. The monoisotopic (exact) mass is 285 g/mol. The molecule has 0 aromatic heterocycles. The first-order valence-corrected chi connectivity index (χ1v) is 6.01. The van der Waals surface area contributed by atoms with Crippen molar-refractivity contribution in [2.45, 2.75) is 13.0 Å². The van der Waals surface area contributed by atoms with Crippen LogP contribution in [0.3, 0.4) is 0 Å². The topological polar surface area (TPSA) is 12.0 Å². The molecule has 0 saturated carbocycles. The molecule has 0 spiro atoms. The van der Waals surface area contributed by atoms with Crippen LogP contribution in [0.15, 0.2) is 36.4 Å². The lowest BCUT2D eigenvalue weighted by molar-refractivity contribution is 0.566. The highest BCUT2D eigenvalue weighted by atomic mass is 35.5. The summed E-state index contributed by atoms with van der Waals surface area (Å²) in [6.07, 6.45) is 0. The first-order valence-electron chi connectivity index (χ1n) is 5.63. The van der Waals surface area contributed by atoms with Gasteiger partial charge in [-0.25, -0.2) is 13.2 Å². The fourth-order valence-corrected chi connectivity index (χ4v) is 2.04. The molecule has 0 heterocycles. The second-order valence-corrected chi connectivity index (χ2v) is 4.63. The summed E-state index contributed by atoms with van der Waals surface area (Å²) < 4.78 is 39.6. The van der Waals surface area contributed by atoms with Gasteiger partial charge >= 0.3 is 0 Å². The molecule has 1 nitrogen and oxygen atoms in total. The molecule has 5 heteroatoms. The molecule has 0 saturated heterocycles. The standard InChI is InChI=1S/C14H11ClF3N/c1-8(13-3-2-10(16)7-14(13)18)19-12-5-9(15)4-11(17)6-12/h2-8,19H,1H3. The summed E-state index contributed by atoms with van der Waals surface area (Å²) in [6, 6.07) is 6.85. The van der Waals surface area contributed by atoms with Crippen LogP contribution in [-0.2, 0) is 0 Å². The second-order valence-electron chi connectivity index (χ2n) is 4.19. The van der Waals surface area contributed by atoms with Crippen LogP contribution >= 0.6 is 11.6 Å². The smallest absolute Gasteiger partial charge is 0.131 e. The molecule has 2 aromatic carbocycles. The van der Waals surface area contributed by atoms with Crippen molar-refractivity contribution in [3.63, 3.8) is 0 Å². The average molecular weight is 286 g/mol. The zero-order chi connectivity index (χ0) is 14.0. The Morgan fingerprint density at radius 2 is 1.74 bits per heavy atom. The first-order chi connectivity index (χ1) is 8.95. The summed E-state index contributed by atoms with van der Waals surface area (Å²) in [6.45, 7) is 1.69. The zero-order valence-corrected chi connectivity index (χ0v) is 10.8. The Morgan fingerprint density at radius 1 is 1.00 bits per heavy atom. The lowest BCUT2D eigenvalue weighted by Gasteiger charge is -2.16. The van der Waals surface area contributed by atoms with Crippen LogP contribution in [0.4, 0.5) is 18.9 Å². The summed E-state index contributed by atoms with van der Waals surface area (Å²) in [5.41, 5.74) is 0.725. The van der Waals surface area contributed by atoms with E-state index in [-0.39, 0.29) is 5.02 Å². The van der Waals surface area contributed by atoms with Crippen LogP contribution in [0.5, 0.6) is 0 Å². The van der Waals surface area contributed by atoms with Crippen LogP contribution in [0.25, 0.3) is 0 Å². The van der Waals surface area contributed by atoms with E-state index in [4.69, 9.17) is 11.6 Å². The van der Waals surface area contributed by atoms with Crippen molar-refractivity contribution >= 4 is 17.3 Å². The van der Waals surface area contributed by atoms with E-state index in [1.807, 2.05) is 0 Å². The van der Waals surface area contributed by atoms with Crippen molar-refractivity contribution < 1.29 is 13.2 Å². The third kappa shape index (κ3) is 3.41. The molecule has 1 atom stereocenters. The molecule has 2 rings (SSSR count). The summed E-state index contributed by atoms with van der Waals surface area (Å²) in [4.78, 5) is 0. The number of rotatable bonds is 3. The molecule has 0 bridgehead atoms. The van der Waals surface area contributed by atoms with E-state index in [2.05, 4.69) is 5.32 Å². The summed E-state index contributed by atoms with van der Waals surface area (Å²) in [5, 5.41) is 3.16. The maximum Gasteiger partial charge on any atom is 0.131 e.